The van der Waals surface area contributed by atoms with Crippen LogP contribution in [-0.2, 0) is 7.05 Å². The molecule has 4 heterocycles. The molecule has 7 heteroatoms. The van der Waals surface area contributed by atoms with Crippen molar-refractivity contribution in [2.24, 2.45) is 13.0 Å². The lowest BCUT2D eigenvalue weighted by atomic mass is 9.89. The van der Waals surface area contributed by atoms with Gasteiger partial charge in [-0.3, -0.25) is 4.90 Å². The first-order valence-electron chi connectivity index (χ1n) is 9.50. The van der Waals surface area contributed by atoms with Crippen LogP contribution >= 0.6 is 11.3 Å². The van der Waals surface area contributed by atoms with Crippen LogP contribution < -0.4 is 4.90 Å². The molecule has 0 radical (unpaired) electrons. The number of thiazole rings is 1. The predicted molar refractivity (Wildman–Crippen MR) is 105 cm³/mol. The molecule has 2 aliphatic rings. The first kappa shape index (κ1) is 17.2. The number of piperazine rings is 1. The molecule has 0 unspecified atom stereocenters. The lowest BCUT2D eigenvalue weighted by molar-refractivity contribution is 0.0814. The topological polar surface area (TPSA) is 40.4 Å². The number of anilines is 1. The van der Waals surface area contributed by atoms with Crippen molar-refractivity contribution < 1.29 is 0 Å². The zero-order chi connectivity index (χ0) is 17.6. The number of likely N-dealkylation sites (N-methyl/N-ethyl adjacent to an activating group) is 1. The molecule has 1 atom stereocenters. The summed E-state index contributed by atoms with van der Waals surface area (Å²) < 4.78 is 3.15. The summed E-state index contributed by atoms with van der Waals surface area (Å²) in [6.45, 7) is 11.7. The van der Waals surface area contributed by atoms with Crippen LogP contribution in [0.4, 0.5) is 5.13 Å². The lowest BCUT2D eigenvalue weighted by Gasteiger charge is -2.42. The highest BCUT2D eigenvalue weighted by atomic mass is 32.1. The van der Waals surface area contributed by atoms with Crippen molar-refractivity contribution in [1.29, 1.82) is 0 Å². The number of nitrogens with zero attached hydrogens (tertiary/aromatic N) is 6. The van der Waals surface area contributed by atoms with Gasteiger partial charge in [0.25, 0.3) is 0 Å². The Labute approximate surface area is 154 Å². The van der Waals surface area contributed by atoms with Crippen molar-refractivity contribution in [3.05, 3.63) is 5.69 Å². The Bertz CT molecular complexity index is 687. The number of piperidine rings is 1. The molecule has 2 fully saturated rings. The van der Waals surface area contributed by atoms with Gasteiger partial charge in [-0.2, -0.15) is 5.10 Å². The molecule has 2 saturated heterocycles. The van der Waals surface area contributed by atoms with Crippen molar-refractivity contribution in [2.45, 2.75) is 32.7 Å². The second-order valence-corrected chi connectivity index (χ2v) is 8.74. The van der Waals surface area contributed by atoms with E-state index in [9.17, 15) is 0 Å². The minimum absolute atomic E-state index is 0.706. The number of aromatic nitrogens is 3. The van der Waals surface area contributed by atoms with E-state index in [1.54, 1.807) is 11.3 Å². The molecule has 0 spiro atoms. The summed E-state index contributed by atoms with van der Waals surface area (Å²) >= 11 is 1.80. The second-order valence-electron chi connectivity index (χ2n) is 7.76. The van der Waals surface area contributed by atoms with Crippen molar-refractivity contribution in [2.75, 3.05) is 51.2 Å². The Morgan fingerprint density at radius 1 is 1.04 bits per heavy atom. The molecule has 2 aromatic rings. The van der Waals surface area contributed by atoms with Crippen LogP contribution in [0.15, 0.2) is 0 Å². The largest absolute Gasteiger partial charge is 0.348 e. The fourth-order valence-corrected chi connectivity index (χ4v) is 5.39. The average molecular weight is 363 g/mol. The van der Waals surface area contributed by atoms with Gasteiger partial charge in [0.2, 0.25) is 0 Å². The summed E-state index contributed by atoms with van der Waals surface area (Å²) in [6.07, 6.45) is 2.56. The van der Waals surface area contributed by atoms with Crippen molar-refractivity contribution >= 4 is 26.8 Å². The van der Waals surface area contributed by atoms with E-state index in [2.05, 4.69) is 40.7 Å². The van der Waals surface area contributed by atoms with E-state index in [1.807, 2.05) is 11.7 Å². The molecule has 0 amide bonds. The summed E-state index contributed by atoms with van der Waals surface area (Å²) in [5, 5.41) is 5.64. The monoisotopic (exact) mass is 362 g/mol. The van der Waals surface area contributed by atoms with Crippen LogP contribution in [-0.4, -0.2) is 76.9 Å². The smallest absolute Gasteiger partial charge is 0.188 e. The fraction of sp³-hybridized carbons (Fsp3) is 0.778. The van der Waals surface area contributed by atoms with Gasteiger partial charge < -0.3 is 9.80 Å². The van der Waals surface area contributed by atoms with Crippen LogP contribution in [0.3, 0.4) is 0 Å². The highest BCUT2D eigenvalue weighted by Gasteiger charge is 2.30. The molecular formula is C18H30N6S. The molecule has 25 heavy (non-hydrogen) atoms. The van der Waals surface area contributed by atoms with Gasteiger partial charge >= 0.3 is 0 Å². The van der Waals surface area contributed by atoms with Crippen molar-refractivity contribution in [1.82, 2.24) is 24.6 Å². The Kier molecular flexibility index (Phi) is 4.73. The minimum Gasteiger partial charge on any atom is -0.348 e. The summed E-state index contributed by atoms with van der Waals surface area (Å²) in [4.78, 5) is 12.5. The predicted octanol–water partition coefficient (Wildman–Crippen LogP) is 2.19. The maximum absolute atomic E-state index is 4.85. The SMILES string of the molecule is Cc1nn(C)c2nc(N3CCC([C@H](C)N4CCN(C)CC4)CC3)sc12. The normalized spacial score (nSPS) is 22.8. The first-order valence-corrected chi connectivity index (χ1v) is 10.3. The summed E-state index contributed by atoms with van der Waals surface area (Å²) in [5.41, 5.74) is 2.13. The molecule has 0 bridgehead atoms. The number of rotatable bonds is 3. The van der Waals surface area contributed by atoms with E-state index in [1.165, 1.54) is 48.9 Å². The molecule has 4 rings (SSSR count). The number of fused-ring (bicyclic) bond motifs is 1. The molecule has 6 nitrogen and oxygen atoms in total. The average Bonchev–Trinajstić information content (AvgIpc) is 3.17. The zero-order valence-corrected chi connectivity index (χ0v) is 16.7. The molecule has 2 aromatic heterocycles. The van der Waals surface area contributed by atoms with E-state index in [0.29, 0.717) is 6.04 Å². The highest BCUT2D eigenvalue weighted by Crippen LogP contribution is 2.34. The fourth-order valence-electron chi connectivity index (χ4n) is 4.31. The third-order valence-corrected chi connectivity index (χ3v) is 7.35. The first-order chi connectivity index (χ1) is 12.0. The van der Waals surface area contributed by atoms with Crippen LogP contribution in [0, 0.1) is 12.8 Å². The van der Waals surface area contributed by atoms with Crippen LogP contribution in [0.2, 0.25) is 0 Å². The van der Waals surface area contributed by atoms with Crippen molar-refractivity contribution in [3.8, 4) is 0 Å². The third-order valence-electron chi connectivity index (χ3n) is 6.14. The number of hydrogen-bond donors (Lipinski definition) is 0. The van der Waals surface area contributed by atoms with E-state index in [4.69, 9.17) is 4.98 Å². The van der Waals surface area contributed by atoms with E-state index >= 15 is 0 Å². The number of aryl methyl sites for hydroxylation is 2. The maximum atomic E-state index is 4.85. The van der Waals surface area contributed by atoms with E-state index in [0.717, 1.165) is 30.3 Å². The summed E-state index contributed by atoms with van der Waals surface area (Å²) in [6, 6.07) is 0.706. The Balaban J connectivity index is 1.38. The minimum atomic E-state index is 0.706. The second kappa shape index (κ2) is 6.85. The van der Waals surface area contributed by atoms with Gasteiger partial charge in [-0.15, -0.1) is 0 Å². The maximum Gasteiger partial charge on any atom is 0.188 e. The summed E-state index contributed by atoms with van der Waals surface area (Å²) in [5.74, 6) is 0.817. The standard InChI is InChI=1S/C18H30N6S/c1-13-16-17(22(4)20-13)19-18(25-16)24-7-5-15(6-8-24)14(2)23-11-9-21(3)10-12-23/h14-15H,5-12H2,1-4H3/t14-/m0/s1. The molecule has 0 aliphatic carbocycles. The zero-order valence-electron chi connectivity index (χ0n) is 15.9. The molecule has 0 N–H and O–H groups in total. The van der Waals surface area contributed by atoms with Crippen molar-refractivity contribution in [3.63, 3.8) is 0 Å². The molecule has 2 aliphatic heterocycles. The molecule has 0 aromatic carbocycles. The molecule has 0 saturated carbocycles. The molecular weight excluding hydrogens is 332 g/mol. The van der Waals surface area contributed by atoms with E-state index in [-0.39, 0.29) is 0 Å². The van der Waals surface area contributed by atoms with Gasteiger partial charge in [-0.25, -0.2) is 9.67 Å². The Hall–Kier alpha value is -1.18. The van der Waals surface area contributed by atoms with Crippen LogP contribution in [0.1, 0.15) is 25.5 Å². The summed E-state index contributed by atoms with van der Waals surface area (Å²) in [7, 11) is 4.22. The van der Waals surface area contributed by atoms with Gasteiger partial charge in [-0.1, -0.05) is 11.3 Å². The highest BCUT2D eigenvalue weighted by molar-refractivity contribution is 7.22. The quantitative estimate of drug-likeness (QED) is 0.837. The lowest BCUT2D eigenvalue weighted by Crippen LogP contribution is -2.51. The van der Waals surface area contributed by atoms with E-state index < -0.39 is 0 Å². The van der Waals surface area contributed by atoms with Crippen LogP contribution in [0.5, 0.6) is 0 Å². The Morgan fingerprint density at radius 2 is 1.72 bits per heavy atom. The van der Waals surface area contributed by atoms with Gasteiger partial charge in [-0.05, 0) is 39.7 Å². The third kappa shape index (κ3) is 3.29. The number of hydrogen-bond acceptors (Lipinski definition) is 6. The van der Waals surface area contributed by atoms with Crippen LogP contribution in [0.25, 0.3) is 10.3 Å². The van der Waals surface area contributed by atoms with Gasteiger partial charge in [0.1, 0.15) is 0 Å². The Morgan fingerprint density at radius 3 is 2.36 bits per heavy atom. The van der Waals surface area contributed by atoms with Gasteiger partial charge in [0, 0.05) is 52.4 Å². The van der Waals surface area contributed by atoms with Gasteiger partial charge in [0.15, 0.2) is 10.8 Å². The van der Waals surface area contributed by atoms with Gasteiger partial charge in [0.05, 0.1) is 10.4 Å². The molecule has 138 valence electrons.